The number of halogens is 2. The summed E-state index contributed by atoms with van der Waals surface area (Å²) in [5, 5.41) is 14.4. The Morgan fingerprint density at radius 2 is 2.00 bits per heavy atom. The van der Waals surface area contributed by atoms with Gasteiger partial charge in [-0.3, -0.25) is 9.69 Å². The van der Waals surface area contributed by atoms with Gasteiger partial charge in [-0.15, -0.1) is 0 Å². The van der Waals surface area contributed by atoms with E-state index in [1.807, 2.05) is 24.0 Å². The lowest BCUT2D eigenvalue weighted by molar-refractivity contribution is -0.122. The maximum Gasteiger partial charge on any atom is 0.234 e. The quantitative estimate of drug-likeness (QED) is 0.697. The van der Waals surface area contributed by atoms with E-state index < -0.39 is 5.60 Å². The van der Waals surface area contributed by atoms with Crippen LogP contribution in [-0.2, 0) is 11.3 Å². The number of carbonyl (C=O) groups excluding carboxylic acids is 1. The average Bonchev–Trinajstić information content (AvgIpc) is 2.90. The molecule has 0 aromatic heterocycles. The number of ether oxygens (including phenoxy) is 1. The fraction of sp³-hybridized carbons (Fsp3) is 0.435. The third kappa shape index (κ3) is 6.69. The second kappa shape index (κ2) is 10.2. The molecule has 1 aliphatic heterocycles. The number of hydrogen-bond donors (Lipinski definition) is 2. The van der Waals surface area contributed by atoms with Crippen molar-refractivity contribution in [2.45, 2.75) is 38.3 Å². The van der Waals surface area contributed by atoms with Crippen LogP contribution < -0.4 is 10.1 Å². The molecule has 0 saturated carbocycles. The first-order chi connectivity index (χ1) is 14.3. The van der Waals surface area contributed by atoms with Gasteiger partial charge in [-0.1, -0.05) is 29.8 Å². The summed E-state index contributed by atoms with van der Waals surface area (Å²) in [6, 6.07) is 11.6. The van der Waals surface area contributed by atoms with Gasteiger partial charge in [-0.2, -0.15) is 0 Å². The van der Waals surface area contributed by atoms with Crippen LogP contribution >= 0.6 is 11.6 Å². The molecular weight excluding hydrogens is 407 g/mol. The first-order valence-electron chi connectivity index (χ1n) is 10.2. The van der Waals surface area contributed by atoms with Crippen LogP contribution in [-0.4, -0.2) is 47.8 Å². The molecule has 1 atom stereocenters. The lowest BCUT2D eigenvalue weighted by Gasteiger charge is -2.27. The van der Waals surface area contributed by atoms with Crippen LogP contribution in [0.3, 0.4) is 0 Å². The zero-order valence-corrected chi connectivity index (χ0v) is 17.9. The molecular formula is C23H28ClFN2O3. The summed E-state index contributed by atoms with van der Waals surface area (Å²) in [4.78, 5) is 14.3. The number of benzene rings is 2. The van der Waals surface area contributed by atoms with Crippen molar-refractivity contribution in [3.05, 3.63) is 64.4 Å². The van der Waals surface area contributed by atoms with Crippen LogP contribution in [0, 0.1) is 12.7 Å². The van der Waals surface area contributed by atoms with Crippen LogP contribution in [0.4, 0.5) is 4.39 Å². The number of nitrogens with one attached hydrogen (secondary N) is 1. The number of aliphatic hydroxyl groups is 1. The number of likely N-dealkylation sites (tertiary alicyclic amines) is 1. The van der Waals surface area contributed by atoms with Gasteiger partial charge in [0.1, 0.15) is 18.2 Å². The van der Waals surface area contributed by atoms with E-state index in [0.717, 1.165) is 24.1 Å². The monoisotopic (exact) mass is 434 g/mol. The Kier molecular flexibility index (Phi) is 7.69. The van der Waals surface area contributed by atoms with Gasteiger partial charge in [-0.05, 0) is 68.1 Å². The van der Waals surface area contributed by atoms with Crippen molar-refractivity contribution in [3.8, 4) is 5.75 Å². The van der Waals surface area contributed by atoms with Crippen molar-refractivity contribution in [2.24, 2.45) is 0 Å². The van der Waals surface area contributed by atoms with E-state index in [9.17, 15) is 14.3 Å². The third-order valence-electron chi connectivity index (χ3n) is 5.36. The molecule has 30 heavy (non-hydrogen) atoms. The molecule has 1 aliphatic rings. The summed E-state index contributed by atoms with van der Waals surface area (Å²) in [5.41, 5.74) is 0.939. The minimum absolute atomic E-state index is 0.0902. The number of carbonyl (C=O) groups is 1. The van der Waals surface area contributed by atoms with E-state index in [-0.39, 0.29) is 24.9 Å². The van der Waals surface area contributed by atoms with E-state index in [2.05, 4.69) is 5.32 Å². The normalized spacial score (nSPS) is 19.9. The Bertz CT molecular complexity index is 862. The molecule has 0 aliphatic carbocycles. The van der Waals surface area contributed by atoms with Crippen molar-refractivity contribution in [3.63, 3.8) is 0 Å². The van der Waals surface area contributed by atoms with Crippen molar-refractivity contribution in [2.75, 3.05) is 26.2 Å². The smallest absolute Gasteiger partial charge is 0.234 e. The predicted octanol–water partition coefficient (Wildman–Crippen LogP) is 3.70. The van der Waals surface area contributed by atoms with Gasteiger partial charge in [0.05, 0.1) is 17.2 Å². The molecule has 0 bridgehead atoms. The lowest BCUT2D eigenvalue weighted by Crippen LogP contribution is -2.40. The number of hydrogen-bond acceptors (Lipinski definition) is 4. The molecule has 7 heteroatoms. The van der Waals surface area contributed by atoms with Crippen molar-refractivity contribution in [1.29, 1.82) is 0 Å². The van der Waals surface area contributed by atoms with Gasteiger partial charge in [0, 0.05) is 13.1 Å². The molecule has 3 rings (SSSR count). The van der Waals surface area contributed by atoms with Crippen LogP contribution in [0.25, 0.3) is 0 Å². The highest BCUT2D eigenvalue weighted by atomic mass is 35.5. The topological polar surface area (TPSA) is 61.8 Å². The molecule has 0 radical (unpaired) electrons. The van der Waals surface area contributed by atoms with Crippen LogP contribution in [0.15, 0.2) is 42.5 Å². The minimum Gasteiger partial charge on any atom is -0.489 e. The Hall–Kier alpha value is -2.15. The zero-order chi connectivity index (χ0) is 21.6. The van der Waals surface area contributed by atoms with Gasteiger partial charge < -0.3 is 15.2 Å². The van der Waals surface area contributed by atoms with E-state index in [1.165, 1.54) is 12.1 Å². The van der Waals surface area contributed by atoms with E-state index in [0.29, 0.717) is 36.7 Å². The SMILES string of the molecule is Cc1ccc(Cl)c(OC[C@]2(O)CCCN(CC(=O)NCc3ccc(F)cc3)CC2)c1. The van der Waals surface area contributed by atoms with Crippen molar-refractivity contribution < 1.29 is 19.0 Å². The highest BCUT2D eigenvalue weighted by Crippen LogP contribution is 2.28. The molecule has 2 aromatic carbocycles. The minimum atomic E-state index is -0.952. The fourth-order valence-corrected chi connectivity index (χ4v) is 3.70. The molecule has 1 heterocycles. The Labute approximate surface area is 181 Å². The summed E-state index contributed by atoms with van der Waals surface area (Å²) in [6.45, 7) is 4.09. The summed E-state index contributed by atoms with van der Waals surface area (Å²) < 4.78 is 18.8. The average molecular weight is 435 g/mol. The summed E-state index contributed by atoms with van der Waals surface area (Å²) >= 11 is 6.18. The fourth-order valence-electron chi connectivity index (χ4n) is 3.53. The molecule has 5 nitrogen and oxygen atoms in total. The summed E-state index contributed by atoms with van der Waals surface area (Å²) in [5.74, 6) is 0.190. The first-order valence-corrected chi connectivity index (χ1v) is 10.6. The Morgan fingerprint density at radius 3 is 2.77 bits per heavy atom. The molecule has 0 unspecified atom stereocenters. The Morgan fingerprint density at radius 1 is 1.23 bits per heavy atom. The van der Waals surface area contributed by atoms with E-state index in [1.54, 1.807) is 18.2 Å². The zero-order valence-electron chi connectivity index (χ0n) is 17.2. The summed E-state index contributed by atoms with van der Waals surface area (Å²) in [6.07, 6.45) is 1.89. The maximum atomic E-state index is 13.0. The van der Waals surface area contributed by atoms with Crippen LogP contribution in [0.1, 0.15) is 30.4 Å². The maximum absolute atomic E-state index is 13.0. The third-order valence-corrected chi connectivity index (χ3v) is 5.68. The molecule has 2 aromatic rings. The highest BCUT2D eigenvalue weighted by molar-refractivity contribution is 6.32. The number of amides is 1. The number of aryl methyl sites for hydroxylation is 1. The molecule has 0 spiro atoms. The largest absolute Gasteiger partial charge is 0.489 e. The lowest BCUT2D eigenvalue weighted by atomic mass is 9.96. The van der Waals surface area contributed by atoms with Gasteiger partial charge in [0.25, 0.3) is 0 Å². The van der Waals surface area contributed by atoms with E-state index >= 15 is 0 Å². The second-order valence-electron chi connectivity index (χ2n) is 7.98. The molecule has 1 saturated heterocycles. The van der Waals surface area contributed by atoms with Crippen LogP contribution in [0.5, 0.6) is 5.75 Å². The predicted molar refractivity (Wildman–Crippen MR) is 115 cm³/mol. The standard InChI is InChI=1S/C23H28ClFN2O3/c1-17-3-8-20(24)21(13-17)30-16-23(29)9-2-11-27(12-10-23)15-22(28)26-14-18-4-6-19(25)7-5-18/h3-8,13,29H,2,9-12,14-16H2,1H3,(H,26,28)/t23-/m0/s1. The summed E-state index contributed by atoms with van der Waals surface area (Å²) in [7, 11) is 0. The molecule has 2 N–H and O–H groups in total. The molecule has 162 valence electrons. The van der Waals surface area contributed by atoms with Crippen molar-refractivity contribution >= 4 is 17.5 Å². The van der Waals surface area contributed by atoms with Gasteiger partial charge in [0.15, 0.2) is 0 Å². The van der Waals surface area contributed by atoms with E-state index in [4.69, 9.17) is 16.3 Å². The van der Waals surface area contributed by atoms with Gasteiger partial charge >= 0.3 is 0 Å². The highest BCUT2D eigenvalue weighted by Gasteiger charge is 2.31. The molecule has 1 amide bonds. The Balaban J connectivity index is 1.45. The number of nitrogens with zero attached hydrogens (tertiary/aromatic N) is 1. The van der Waals surface area contributed by atoms with Crippen LogP contribution in [0.2, 0.25) is 5.02 Å². The number of rotatable bonds is 7. The molecule has 1 fully saturated rings. The van der Waals surface area contributed by atoms with Gasteiger partial charge in [-0.25, -0.2) is 4.39 Å². The van der Waals surface area contributed by atoms with Gasteiger partial charge in [0.2, 0.25) is 5.91 Å². The second-order valence-corrected chi connectivity index (χ2v) is 8.39. The van der Waals surface area contributed by atoms with Crippen molar-refractivity contribution in [1.82, 2.24) is 10.2 Å². The first kappa shape index (κ1) is 22.5.